The molecule has 0 spiro atoms. The van der Waals surface area contributed by atoms with Gasteiger partial charge in [0.05, 0.1) is 30.1 Å². The van der Waals surface area contributed by atoms with Crippen LogP contribution < -0.4 is 19.5 Å². The molecule has 3 saturated carbocycles. The molecule has 57 heavy (non-hydrogen) atoms. The normalized spacial score (nSPS) is 24.1. The predicted octanol–water partition coefficient (Wildman–Crippen LogP) is 6.13. The van der Waals surface area contributed by atoms with Crippen molar-refractivity contribution in [2.45, 2.75) is 108 Å². The third-order valence-electron chi connectivity index (χ3n) is 12.3. The van der Waals surface area contributed by atoms with Gasteiger partial charge in [-0.05, 0) is 42.7 Å². The fourth-order valence-electron chi connectivity index (χ4n) is 8.60. The minimum Gasteiger partial charge on any atom is -0.497 e. The molecule has 3 amide bonds. The van der Waals surface area contributed by atoms with Crippen LogP contribution in [0.5, 0.6) is 11.5 Å². The van der Waals surface area contributed by atoms with Crippen LogP contribution in [0.25, 0.3) is 22.2 Å². The van der Waals surface area contributed by atoms with Crippen molar-refractivity contribution in [3.05, 3.63) is 67.3 Å². The van der Waals surface area contributed by atoms with E-state index in [0.717, 1.165) is 31.2 Å². The van der Waals surface area contributed by atoms with Gasteiger partial charge in [-0.2, -0.15) is 0 Å². The van der Waals surface area contributed by atoms with Gasteiger partial charge in [0.2, 0.25) is 21.8 Å². The van der Waals surface area contributed by atoms with Crippen LogP contribution in [0.3, 0.4) is 0 Å². The van der Waals surface area contributed by atoms with Crippen LogP contribution in [0.15, 0.2) is 67.3 Å². The van der Waals surface area contributed by atoms with E-state index in [4.69, 9.17) is 14.5 Å². The molecule has 4 aliphatic rings. The number of amides is 3. The summed E-state index contributed by atoms with van der Waals surface area (Å²) in [5, 5.41) is 2.95. The lowest BCUT2D eigenvalue weighted by Crippen LogP contribution is -2.56. The highest BCUT2D eigenvalue weighted by Gasteiger charge is 2.62. The van der Waals surface area contributed by atoms with Crippen molar-refractivity contribution in [1.29, 1.82) is 0 Å². The quantitative estimate of drug-likeness (QED) is 0.173. The monoisotopic (exact) mass is 798 g/mol. The van der Waals surface area contributed by atoms with E-state index in [0.29, 0.717) is 53.3 Å². The minimum absolute atomic E-state index is 0.0470. The average Bonchev–Trinajstić information content (AvgIpc) is 4.06. The predicted molar refractivity (Wildman–Crippen MR) is 217 cm³/mol. The Balaban J connectivity index is 1.19. The SMILES string of the molecule is C=CC1CC1(NC(=O)[C@@H]1C[C@@H](Oc2cc(-c3ccccc3)nc3cc(OC)ccc23)CN1C(=O)C[C@H](C(=O)CC1CCCC1)C(C)(C)C)C(=O)NS(=O)(=O)C1CC1. The van der Waals surface area contributed by atoms with Crippen molar-refractivity contribution in [1.82, 2.24) is 19.9 Å². The van der Waals surface area contributed by atoms with E-state index < -0.39 is 62.0 Å². The van der Waals surface area contributed by atoms with Crippen LogP contribution in [-0.4, -0.2) is 78.4 Å². The molecule has 1 aromatic heterocycles. The van der Waals surface area contributed by atoms with Gasteiger partial charge in [0.1, 0.15) is 35.0 Å². The van der Waals surface area contributed by atoms with Gasteiger partial charge in [-0.15, -0.1) is 6.58 Å². The first-order chi connectivity index (χ1) is 27.1. The molecule has 2 N–H and O–H groups in total. The number of carbonyl (C=O) groups is 4. The van der Waals surface area contributed by atoms with Crippen molar-refractivity contribution in [3.8, 4) is 22.8 Å². The lowest BCUT2D eigenvalue weighted by molar-refractivity contribution is -0.143. The van der Waals surface area contributed by atoms with Gasteiger partial charge in [0, 0.05) is 54.2 Å². The molecule has 3 aliphatic carbocycles. The Morgan fingerprint density at radius 3 is 2.39 bits per heavy atom. The third kappa shape index (κ3) is 8.73. The van der Waals surface area contributed by atoms with E-state index in [2.05, 4.69) is 16.6 Å². The molecule has 1 aliphatic heterocycles. The van der Waals surface area contributed by atoms with Gasteiger partial charge >= 0.3 is 0 Å². The molecule has 13 heteroatoms. The zero-order valence-corrected chi connectivity index (χ0v) is 34.1. The first-order valence-electron chi connectivity index (χ1n) is 20.2. The Morgan fingerprint density at radius 1 is 1.04 bits per heavy atom. The number of fused-ring (bicyclic) bond motifs is 1. The Hall–Kier alpha value is -4.78. The first-order valence-corrected chi connectivity index (χ1v) is 21.7. The first kappa shape index (κ1) is 40.4. The molecule has 7 rings (SSSR count). The van der Waals surface area contributed by atoms with Gasteiger partial charge in [-0.25, -0.2) is 13.4 Å². The van der Waals surface area contributed by atoms with E-state index in [1.54, 1.807) is 7.11 Å². The highest BCUT2D eigenvalue weighted by molar-refractivity contribution is 7.91. The molecule has 5 atom stereocenters. The fourth-order valence-corrected chi connectivity index (χ4v) is 9.96. The van der Waals surface area contributed by atoms with E-state index in [1.807, 2.05) is 75.4 Å². The van der Waals surface area contributed by atoms with Crippen LogP contribution in [0.2, 0.25) is 0 Å². The summed E-state index contributed by atoms with van der Waals surface area (Å²) < 4.78 is 40.0. The summed E-state index contributed by atoms with van der Waals surface area (Å²) in [7, 11) is -2.31. The number of ketones is 1. The fraction of sp³-hybridized carbons (Fsp3) is 0.523. The molecular weight excluding hydrogens is 745 g/mol. The van der Waals surface area contributed by atoms with Gasteiger partial charge in [-0.3, -0.25) is 23.9 Å². The van der Waals surface area contributed by atoms with Crippen LogP contribution >= 0.6 is 0 Å². The number of hydrogen-bond acceptors (Lipinski definition) is 9. The van der Waals surface area contributed by atoms with E-state index >= 15 is 0 Å². The molecule has 2 heterocycles. The topological polar surface area (TPSA) is 161 Å². The second-order valence-corrected chi connectivity index (χ2v) is 19.4. The molecule has 2 aromatic carbocycles. The lowest BCUT2D eigenvalue weighted by atomic mass is 9.74. The number of rotatable bonds is 15. The average molecular weight is 799 g/mol. The van der Waals surface area contributed by atoms with Crippen LogP contribution in [0.4, 0.5) is 0 Å². The smallest absolute Gasteiger partial charge is 0.259 e. The maximum atomic E-state index is 14.5. The number of aromatic nitrogens is 1. The summed E-state index contributed by atoms with van der Waals surface area (Å²) in [6.45, 7) is 9.75. The standard InChI is InChI=1S/C44H54N4O8S/c1-6-29-25-44(29,42(52)47-57(53,54)32-17-18-32)46-41(51)37-22-31(26-48(37)40(50)23-34(43(2,3)4)38(49)20-27-12-10-11-13-27)56-39-24-35(28-14-8-7-9-15-28)45-36-21-30(55-5)16-19-33(36)39/h6-9,14-16,19,21,24,27,29,31-32,34,37H,1,10-13,17-18,20,22-23,25-26H2,2-5H3,(H,46,51)(H,47,52)/t29?,31-,34-,37+,44?/m1/s1. The number of pyridine rings is 1. The Labute approximate surface area is 335 Å². The molecular formula is C44H54N4O8S. The van der Waals surface area contributed by atoms with Gasteiger partial charge in [0.15, 0.2) is 0 Å². The number of ether oxygens (including phenoxy) is 2. The number of nitrogens with one attached hydrogen (secondary N) is 2. The number of methoxy groups -OCH3 is 1. The Kier molecular flexibility index (Phi) is 11.3. The van der Waals surface area contributed by atoms with E-state index in [9.17, 15) is 27.6 Å². The molecule has 0 radical (unpaired) electrons. The third-order valence-corrected chi connectivity index (χ3v) is 14.1. The molecule has 3 aromatic rings. The van der Waals surface area contributed by atoms with Crippen LogP contribution in [0.1, 0.15) is 85.0 Å². The number of carbonyl (C=O) groups excluding carboxylic acids is 4. The second-order valence-electron chi connectivity index (χ2n) is 17.4. The lowest BCUT2D eigenvalue weighted by Gasteiger charge is -2.33. The largest absolute Gasteiger partial charge is 0.497 e. The molecule has 1 saturated heterocycles. The van der Waals surface area contributed by atoms with Gasteiger partial charge in [-0.1, -0.05) is 82.9 Å². The number of Topliss-reactive ketones (excluding diaryl/α,β-unsaturated/α-hetero) is 1. The van der Waals surface area contributed by atoms with E-state index in [-0.39, 0.29) is 37.5 Å². The van der Waals surface area contributed by atoms with Crippen LogP contribution in [0, 0.1) is 23.2 Å². The number of benzene rings is 2. The molecule has 0 bridgehead atoms. The summed E-state index contributed by atoms with van der Waals surface area (Å²) >= 11 is 0. The highest BCUT2D eigenvalue weighted by atomic mass is 32.2. The van der Waals surface area contributed by atoms with E-state index in [1.165, 1.54) is 11.0 Å². The summed E-state index contributed by atoms with van der Waals surface area (Å²) in [4.78, 5) is 62.8. The molecule has 304 valence electrons. The number of likely N-dealkylation sites (tertiary alicyclic amines) is 1. The van der Waals surface area contributed by atoms with Crippen molar-refractivity contribution in [2.75, 3.05) is 13.7 Å². The Bertz CT molecular complexity index is 2160. The zero-order chi connectivity index (χ0) is 40.7. The number of nitrogens with zero attached hydrogens (tertiary/aromatic N) is 2. The van der Waals surface area contributed by atoms with Crippen molar-refractivity contribution in [3.63, 3.8) is 0 Å². The van der Waals surface area contributed by atoms with Crippen molar-refractivity contribution in [2.24, 2.45) is 23.2 Å². The number of hydrogen-bond donors (Lipinski definition) is 2. The summed E-state index contributed by atoms with van der Waals surface area (Å²) in [6.07, 6.45) is 6.66. The maximum Gasteiger partial charge on any atom is 0.259 e. The van der Waals surface area contributed by atoms with Gasteiger partial charge in [0.25, 0.3) is 5.91 Å². The van der Waals surface area contributed by atoms with Crippen molar-refractivity contribution >= 4 is 44.4 Å². The molecule has 4 fully saturated rings. The van der Waals surface area contributed by atoms with Crippen LogP contribution in [-0.2, 0) is 29.2 Å². The second kappa shape index (κ2) is 15.9. The summed E-state index contributed by atoms with van der Waals surface area (Å²) in [5.41, 5.74) is 0.141. The number of sulfonamides is 1. The Morgan fingerprint density at radius 2 is 1.75 bits per heavy atom. The van der Waals surface area contributed by atoms with Crippen molar-refractivity contribution < 1.29 is 37.1 Å². The molecule has 2 unspecified atom stereocenters. The highest BCUT2D eigenvalue weighted by Crippen LogP contribution is 2.46. The molecule has 12 nitrogen and oxygen atoms in total. The zero-order valence-electron chi connectivity index (χ0n) is 33.3. The summed E-state index contributed by atoms with van der Waals surface area (Å²) in [6, 6.07) is 15.9. The minimum atomic E-state index is -3.89. The summed E-state index contributed by atoms with van der Waals surface area (Å²) in [5.74, 6) is -1.33. The van der Waals surface area contributed by atoms with Gasteiger partial charge < -0.3 is 19.7 Å². The maximum absolute atomic E-state index is 14.5.